The maximum absolute atomic E-state index is 12.6. The number of aryl methyl sites for hydroxylation is 1. The molecule has 1 aromatic carbocycles. The van der Waals surface area contributed by atoms with Crippen LogP contribution in [0.4, 0.5) is 5.69 Å². The van der Waals surface area contributed by atoms with Crippen molar-refractivity contribution < 1.29 is 14.3 Å². The third-order valence-electron chi connectivity index (χ3n) is 7.65. The van der Waals surface area contributed by atoms with Crippen LogP contribution in [0.25, 0.3) is 16.8 Å². The van der Waals surface area contributed by atoms with E-state index in [-0.39, 0.29) is 12.0 Å². The Morgan fingerprint density at radius 2 is 2.00 bits per heavy atom. The maximum Gasteiger partial charge on any atom is 0.251 e. The first-order chi connectivity index (χ1) is 18.6. The number of ether oxygens (including phenoxy) is 2. The summed E-state index contributed by atoms with van der Waals surface area (Å²) in [4.78, 5) is 19.7. The zero-order valence-electron chi connectivity index (χ0n) is 21.9. The predicted molar refractivity (Wildman–Crippen MR) is 146 cm³/mol. The lowest BCUT2D eigenvalue weighted by Crippen LogP contribution is -2.48. The third-order valence-corrected chi connectivity index (χ3v) is 7.65. The van der Waals surface area contributed by atoms with E-state index < -0.39 is 0 Å². The summed E-state index contributed by atoms with van der Waals surface area (Å²) in [5.74, 6) is -0.0107. The van der Waals surface area contributed by atoms with Gasteiger partial charge in [0.2, 0.25) is 0 Å². The van der Waals surface area contributed by atoms with E-state index in [0.717, 1.165) is 73.4 Å². The lowest BCUT2D eigenvalue weighted by molar-refractivity contribution is -0.0846. The first-order valence-corrected chi connectivity index (χ1v) is 13.7. The Hall–Kier alpha value is -3.27. The molecule has 2 saturated heterocycles. The number of pyridine rings is 1. The van der Waals surface area contributed by atoms with Gasteiger partial charge in [0.1, 0.15) is 0 Å². The number of benzene rings is 1. The van der Waals surface area contributed by atoms with Crippen LogP contribution >= 0.6 is 0 Å². The fraction of sp³-hybridized carbons (Fsp3) is 0.483. The van der Waals surface area contributed by atoms with Crippen molar-refractivity contribution in [3.8, 4) is 16.8 Å². The summed E-state index contributed by atoms with van der Waals surface area (Å²) in [5, 5.41) is 11.2. The highest BCUT2D eigenvalue weighted by atomic mass is 16.6. The molecule has 2 aliphatic heterocycles. The molecular formula is C29H36N6O3. The first kappa shape index (κ1) is 25.0. The van der Waals surface area contributed by atoms with Crippen molar-refractivity contribution in [3.05, 3.63) is 60.2 Å². The molecule has 0 spiro atoms. The van der Waals surface area contributed by atoms with Crippen LogP contribution < -0.4 is 15.5 Å². The van der Waals surface area contributed by atoms with Crippen molar-refractivity contribution in [2.45, 2.75) is 50.8 Å². The number of carbonyl (C=O) groups is 1. The van der Waals surface area contributed by atoms with Gasteiger partial charge < -0.3 is 25.0 Å². The van der Waals surface area contributed by atoms with Gasteiger partial charge in [0.25, 0.3) is 5.91 Å². The van der Waals surface area contributed by atoms with Gasteiger partial charge in [-0.2, -0.15) is 5.10 Å². The second-order valence-electron chi connectivity index (χ2n) is 10.6. The van der Waals surface area contributed by atoms with Gasteiger partial charge in [0.05, 0.1) is 55.9 Å². The number of amides is 1. The lowest BCUT2D eigenvalue weighted by Gasteiger charge is -2.39. The summed E-state index contributed by atoms with van der Waals surface area (Å²) in [6, 6.07) is 8.77. The Kier molecular flexibility index (Phi) is 7.40. The molecule has 0 radical (unpaired) electrons. The van der Waals surface area contributed by atoms with E-state index in [1.165, 1.54) is 0 Å². The molecule has 9 nitrogen and oxygen atoms in total. The number of hydrogen-bond acceptors (Lipinski definition) is 7. The fourth-order valence-electron chi connectivity index (χ4n) is 5.32. The standard InChI is InChI=1S/C29H36N6O3/c1-20-2-3-21(29(36)33-23-4-5-23)12-28(20)22-14-32-35(17-22)26-13-25(15-31-16-26)34(24-6-8-30-9-7-24)18-27-19-37-10-11-38-27/h2-3,12-17,23-24,27,30H,4-11,18-19H2,1H3,(H,33,36). The van der Waals surface area contributed by atoms with Crippen molar-refractivity contribution in [2.24, 2.45) is 0 Å². The summed E-state index contributed by atoms with van der Waals surface area (Å²) in [6.45, 7) is 6.78. The van der Waals surface area contributed by atoms with Crippen LogP contribution in [0, 0.1) is 6.92 Å². The Labute approximate surface area is 223 Å². The van der Waals surface area contributed by atoms with Gasteiger partial charge in [-0.25, -0.2) is 4.68 Å². The average Bonchev–Trinajstić information content (AvgIpc) is 3.64. The summed E-state index contributed by atoms with van der Waals surface area (Å²) in [6.07, 6.45) is 12.0. The molecule has 1 amide bonds. The zero-order valence-corrected chi connectivity index (χ0v) is 21.9. The molecule has 6 rings (SSSR count). The number of rotatable bonds is 8. The Morgan fingerprint density at radius 3 is 2.79 bits per heavy atom. The summed E-state index contributed by atoms with van der Waals surface area (Å²) < 4.78 is 13.5. The highest BCUT2D eigenvalue weighted by Gasteiger charge is 2.27. The minimum atomic E-state index is -0.0107. The van der Waals surface area contributed by atoms with Gasteiger partial charge in [-0.15, -0.1) is 0 Å². The third kappa shape index (κ3) is 5.75. The molecule has 1 saturated carbocycles. The van der Waals surface area contributed by atoms with Gasteiger partial charge >= 0.3 is 0 Å². The molecule has 3 fully saturated rings. The highest BCUT2D eigenvalue weighted by molar-refractivity contribution is 5.96. The van der Waals surface area contributed by atoms with Crippen LogP contribution in [-0.2, 0) is 9.47 Å². The zero-order chi connectivity index (χ0) is 25.9. The SMILES string of the molecule is Cc1ccc(C(=O)NC2CC2)cc1-c1cnn(-c2cncc(N(CC3COCCO3)C3CCNCC3)c2)c1. The molecule has 38 heavy (non-hydrogen) atoms. The van der Waals surface area contributed by atoms with Gasteiger partial charge in [-0.05, 0) is 75.0 Å². The normalized spacial score (nSPS) is 20.3. The van der Waals surface area contributed by atoms with E-state index in [4.69, 9.17) is 9.47 Å². The Bertz CT molecular complexity index is 1260. The number of nitrogens with one attached hydrogen (secondary N) is 2. The number of hydrogen-bond donors (Lipinski definition) is 2. The molecule has 3 aliphatic rings. The van der Waals surface area contributed by atoms with Gasteiger partial charge in [0.15, 0.2) is 0 Å². The minimum absolute atomic E-state index is 0.0107. The van der Waals surface area contributed by atoms with Crippen molar-refractivity contribution in [1.29, 1.82) is 0 Å². The largest absolute Gasteiger partial charge is 0.376 e. The van der Waals surface area contributed by atoms with Crippen molar-refractivity contribution in [3.63, 3.8) is 0 Å². The Balaban J connectivity index is 1.25. The first-order valence-electron chi connectivity index (χ1n) is 13.7. The number of carbonyl (C=O) groups excluding carboxylic acids is 1. The molecule has 200 valence electrons. The number of nitrogens with zero attached hydrogens (tertiary/aromatic N) is 4. The molecule has 0 bridgehead atoms. The number of aromatic nitrogens is 3. The highest BCUT2D eigenvalue weighted by Crippen LogP contribution is 2.28. The number of piperidine rings is 1. The monoisotopic (exact) mass is 516 g/mol. The van der Waals surface area contributed by atoms with Crippen LogP contribution in [-0.4, -0.2) is 78.3 Å². The van der Waals surface area contributed by atoms with E-state index >= 15 is 0 Å². The quantitative estimate of drug-likeness (QED) is 0.475. The number of anilines is 1. The van der Waals surface area contributed by atoms with Gasteiger partial charge in [0, 0.05) is 36.0 Å². The van der Waals surface area contributed by atoms with E-state index in [1.807, 2.05) is 47.7 Å². The molecule has 4 heterocycles. The molecular weight excluding hydrogens is 480 g/mol. The topological polar surface area (TPSA) is 93.5 Å². The molecule has 2 N–H and O–H groups in total. The predicted octanol–water partition coefficient (Wildman–Crippen LogP) is 3.11. The molecule has 1 unspecified atom stereocenters. The van der Waals surface area contributed by atoms with E-state index in [2.05, 4.69) is 38.6 Å². The van der Waals surface area contributed by atoms with E-state index in [9.17, 15) is 4.79 Å². The molecule has 2 aromatic heterocycles. The smallest absolute Gasteiger partial charge is 0.251 e. The average molecular weight is 517 g/mol. The Morgan fingerprint density at radius 1 is 1.13 bits per heavy atom. The van der Waals surface area contributed by atoms with Crippen molar-refractivity contribution in [1.82, 2.24) is 25.4 Å². The molecule has 9 heteroatoms. The second kappa shape index (κ2) is 11.2. The summed E-state index contributed by atoms with van der Waals surface area (Å²) in [5.41, 5.74) is 5.72. The minimum Gasteiger partial charge on any atom is -0.376 e. The van der Waals surface area contributed by atoms with Crippen molar-refractivity contribution >= 4 is 11.6 Å². The van der Waals surface area contributed by atoms with E-state index in [1.54, 1.807) is 0 Å². The second-order valence-corrected chi connectivity index (χ2v) is 10.6. The van der Waals surface area contributed by atoms with Crippen LogP contribution in [0.15, 0.2) is 49.1 Å². The summed E-state index contributed by atoms with van der Waals surface area (Å²) in [7, 11) is 0. The summed E-state index contributed by atoms with van der Waals surface area (Å²) >= 11 is 0. The van der Waals surface area contributed by atoms with Crippen LogP contribution in [0.3, 0.4) is 0 Å². The van der Waals surface area contributed by atoms with Crippen molar-refractivity contribution in [2.75, 3.05) is 44.4 Å². The maximum atomic E-state index is 12.6. The van der Waals surface area contributed by atoms with Crippen LogP contribution in [0.2, 0.25) is 0 Å². The van der Waals surface area contributed by atoms with Gasteiger partial charge in [-0.3, -0.25) is 9.78 Å². The van der Waals surface area contributed by atoms with Gasteiger partial charge in [-0.1, -0.05) is 6.07 Å². The van der Waals surface area contributed by atoms with Crippen LogP contribution in [0.5, 0.6) is 0 Å². The molecule has 3 aromatic rings. The lowest BCUT2D eigenvalue weighted by atomic mass is 10.0. The fourth-order valence-corrected chi connectivity index (χ4v) is 5.32. The van der Waals surface area contributed by atoms with Crippen LogP contribution in [0.1, 0.15) is 41.6 Å². The molecule has 1 aliphatic carbocycles. The molecule has 1 atom stereocenters. The van der Waals surface area contributed by atoms with E-state index in [0.29, 0.717) is 37.5 Å².